The maximum absolute atomic E-state index is 8.12. The number of hydrogen-bond acceptors (Lipinski definition) is 6. The van der Waals surface area contributed by atoms with Gasteiger partial charge >= 0.3 is 0 Å². The SMILES string of the molecule is Cc1cc2c3c(c1)N(c1cc(C(C)(C)C)cc(C(C)(C)C)c1)c1cc4c(cc1B3c1cc(-c3ccccc3)ccc1N2c1cc(C(C)(C)C)cc(C(C)(C)C)c1)B1c2cc(-c3ccccc3)cc3c2N2c5c(cc(-c6ccccc6)cc5B5c6cc(-c7ccccc7)ccc6N(c6cc(C(C)(C)C)cc(C(C)(C)C)c6)c6cc(c1c2c65)N4c1cc(C(C)(C)C)cc(C(C)(C)C)c1)O3. The summed E-state index contributed by atoms with van der Waals surface area (Å²) < 4.78 is 8.12. The van der Waals surface area contributed by atoms with Crippen LogP contribution >= 0.6 is 0 Å². The Kier molecular flexibility index (Phi) is 18.7. The maximum atomic E-state index is 8.12. The Balaban J connectivity index is 0.945. The number of nitrogens with zero attached hydrogens (tertiary/aromatic N) is 5. The third-order valence-corrected chi connectivity index (χ3v) is 29.7. The quantitative estimate of drug-likeness (QED) is 0.141. The number of aryl methyl sites for hydroxylation is 1. The predicted octanol–water partition coefficient (Wildman–Crippen LogP) is 27.9. The minimum atomic E-state index is -0.383. The van der Waals surface area contributed by atoms with E-state index in [2.05, 4.69) is 483 Å². The Morgan fingerprint density at radius 3 is 0.735 bits per heavy atom. The van der Waals surface area contributed by atoms with Crippen LogP contribution in [0.3, 0.4) is 0 Å². The van der Waals surface area contributed by atoms with Crippen LogP contribution in [-0.2, 0) is 43.3 Å². The third kappa shape index (κ3) is 13.6. The Hall–Kier alpha value is -12.7. The van der Waals surface area contributed by atoms with Gasteiger partial charge in [-0.1, -0.05) is 354 Å². The minimum Gasteiger partial charge on any atom is -0.453 e. The number of anilines is 15. The maximum Gasteiger partial charge on any atom is 0.252 e. The van der Waals surface area contributed by atoms with Crippen molar-refractivity contribution in [3.63, 3.8) is 0 Å². The van der Waals surface area contributed by atoms with Crippen LogP contribution < -0.4 is 78.4 Å². The highest BCUT2D eigenvalue weighted by Gasteiger charge is 2.57. The second-order valence-electron chi connectivity index (χ2n) is 47.3. The molecule has 9 heteroatoms. The van der Waals surface area contributed by atoms with Gasteiger partial charge < -0.3 is 29.2 Å². The fourth-order valence-electron chi connectivity index (χ4n) is 22.2. The first kappa shape index (κ1) is 84.8. The summed E-state index contributed by atoms with van der Waals surface area (Å²) in [6.45, 7) is 58.9. The number of benzene rings is 15. The number of ether oxygens (including phenoxy) is 1. The fourth-order valence-corrected chi connectivity index (χ4v) is 22.2. The van der Waals surface area contributed by atoms with Crippen LogP contribution in [0.1, 0.15) is 216 Å². The standard InChI is InChI=1S/C123H122B3N5O/c1-73-50-104-110-105(51-73)129(92-66-86(120(14,15)16)60-87(67-92)121(17,18)19)102-71-103-97(70-96(102)124(110)94-52-78(74-38-30-26-31-39-74)46-48-100(94)127(104)90-62-82(116(2,3)4)58-83(63-90)117(5,6)7)126-99-55-81(77-44-36-29-37-45-77)57-109-114(99)131-113-98(54-80(56-108(113)132-109)76-42-34-28-35-43-76)125-95-53-79(75-40-32-27-33-41-75)47-49-101(95)128(91-64-84(118(8,9)10)59-85(65-91)119(11,12)13)106-72-107(112(126)115(131)111(106)125)130(103)93-68-88(122(20,21)22)61-89(69-93)123(23,24)25/h26-72H,1-25H3. The second kappa shape index (κ2) is 29.1. The van der Waals surface area contributed by atoms with E-state index in [1.807, 2.05) is 0 Å². The highest BCUT2D eigenvalue weighted by molar-refractivity contribution is 7.06. The molecule has 15 aromatic rings. The number of rotatable bonds is 8. The molecule has 0 N–H and O–H groups in total. The van der Waals surface area contributed by atoms with E-state index >= 15 is 0 Å². The molecule has 0 aromatic heterocycles. The first-order chi connectivity index (χ1) is 62.4. The van der Waals surface area contributed by atoms with Crippen LogP contribution in [0, 0.1) is 6.92 Å². The van der Waals surface area contributed by atoms with E-state index in [0.29, 0.717) is 0 Å². The van der Waals surface area contributed by atoms with Crippen molar-refractivity contribution in [3.8, 4) is 56.0 Å². The van der Waals surface area contributed by atoms with Crippen LogP contribution in [0.2, 0.25) is 0 Å². The molecule has 0 atom stereocenters. The van der Waals surface area contributed by atoms with Gasteiger partial charge in [-0.2, -0.15) is 0 Å². The molecule has 7 aliphatic rings. The molecule has 0 amide bonds. The molecule has 0 saturated heterocycles. The number of hydrogen-bond donors (Lipinski definition) is 0. The lowest BCUT2D eigenvalue weighted by molar-refractivity contribution is 0.478. The van der Waals surface area contributed by atoms with Crippen LogP contribution in [0.5, 0.6) is 11.5 Å². The summed E-state index contributed by atoms with van der Waals surface area (Å²) in [5.41, 5.74) is 47.8. The summed E-state index contributed by atoms with van der Waals surface area (Å²) in [5.74, 6) is 1.69. The van der Waals surface area contributed by atoms with Crippen molar-refractivity contribution in [1.82, 2.24) is 0 Å². The van der Waals surface area contributed by atoms with Gasteiger partial charge in [0.15, 0.2) is 11.5 Å². The highest BCUT2D eigenvalue weighted by Crippen LogP contribution is 2.60. The smallest absolute Gasteiger partial charge is 0.252 e. The Bertz CT molecular complexity index is 7220. The van der Waals surface area contributed by atoms with Crippen molar-refractivity contribution >= 4 is 155 Å². The molecule has 6 nitrogen and oxygen atoms in total. The minimum absolute atomic E-state index is 0.157. The van der Waals surface area contributed by atoms with Gasteiger partial charge in [-0.05, 0) is 291 Å². The molecule has 0 fully saturated rings. The average Bonchev–Trinajstić information content (AvgIpc) is 0.653. The molecule has 0 saturated carbocycles. The monoisotopic (exact) mass is 1720 g/mol. The molecule has 0 unspecified atom stereocenters. The van der Waals surface area contributed by atoms with Gasteiger partial charge in [0.05, 0.1) is 11.4 Å². The summed E-state index contributed by atoms with van der Waals surface area (Å²) in [4.78, 5) is 13.7. The summed E-state index contributed by atoms with van der Waals surface area (Å²) in [6.07, 6.45) is 0. The van der Waals surface area contributed by atoms with Gasteiger partial charge in [-0.3, -0.25) is 0 Å². The lowest BCUT2D eigenvalue weighted by atomic mass is 9.27. The van der Waals surface area contributed by atoms with Gasteiger partial charge in [-0.15, -0.1) is 0 Å². The molecule has 0 bridgehead atoms. The van der Waals surface area contributed by atoms with Crippen LogP contribution in [0.15, 0.2) is 285 Å². The third-order valence-electron chi connectivity index (χ3n) is 29.7. The van der Waals surface area contributed by atoms with E-state index in [1.165, 1.54) is 150 Å². The Morgan fingerprint density at radius 1 is 0.189 bits per heavy atom. The van der Waals surface area contributed by atoms with E-state index in [9.17, 15) is 0 Å². The van der Waals surface area contributed by atoms with Crippen molar-refractivity contribution in [3.05, 3.63) is 335 Å². The molecule has 654 valence electrons. The van der Waals surface area contributed by atoms with E-state index in [1.54, 1.807) is 0 Å². The topological polar surface area (TPSA) is 25.4 Å². The molecule has 132 heavy (non-hydrogen) atoms. The van der Waals surface area contributed by atoms with Crippen molar-refractivity contribution < 1.29 is 4.74 Å². The molecule has 15 aromatic carbocycles. The zero-order valence-electron chi connectivity index (χ0n) is 82.0. The zero-order valence-corrected chi connectivity index (χ0v) is 82.0. The number of fused-ring (bicyclic) bond motifs is 10. The Labute approximate surface area is 786 Å². The molecule has 22 rings (SSSR count). The van der Waals surface area contributed by atoms with E-state index in [-0.39, 0.29) is 63.5 Å². The summed E-state index contributed by atoms with van der Waals surface area (Å²) in [6, 6.07) is 113. The van der Waals surface area contributed by atoms with Crippen LogP contribution in [-0.4, -0.2) is 20.1 Å². The molecule has 7 aliphatic heterocycles. The van der Waals surface area contributed by atoms with Gasteiger partial charge in [0.25, 0.3) is 20.1 Å². The molecular weight excluding hydrogens is 1600 g/mol. The second-order valence-corrected chi connectivity index (χ2v) is 47.3. The lowest BCUT2D eigenvalue weighted by Crippen LogP contribution is -2.69. The molecule has 0 spiro atoms. The normalized spacial score (nSPS) is 14.5. The van der Waals surface area contributed by atoms with Gasteiger partial charge in [0.1, 0.15) is 0 Å². The van der Waals surface area contributed by atoms with Crippen molar-refractivity contribution in [2.45, 2.75) is 216 Å². The summed E-state index contributed by atoms with van der Waals surface area (Å²) in [5, 5.41) is 0. The highest BCUT2D eigenvalue weighted by atomic mass is 16.5. The van der Waals surface area contributed by atoms with Gasteiger partial charge in [0.2, 0.25) is 0 Å². The molecular formula is C123H122B3N5O. The van der Waals surface area contributed by atoms with Crippen molar-refractivity contribution in [2.75, 3.05) is 24.5 Å². The zero-order chi connectivity index (χ0) is 92.4. The van der Waals surface area contributed by atoms with E-state index in [0.717, 1.165) is 90.6 Å². The Morgan fingerprint density at radius 2 is 0.439 bits per heavy atom. The van der Waals surface area contributed by atoms with Gasteiger partial charge in [-0.25, -0.2) is 0 Å². The predicted molar refractivity (Wildman–Crippen MR) is 570 cm³/mol. The fraction of sp³-hybridized carbons (Fsp3) is 0.268. The lowest BCUT2D eigenvalue weighted by Gasteiger charge is -2.53. The van der Waals surface area contributed by atoms with E-state index in [4.69, 9.17) is 4.74 Å². The first-order valence-electron chi connectivity index (χ1n) is 48.1. The molecule has 0 aliphatic carbocycles. The summed E-state index contributed by atoms with van der Waals surface area (Å²) >= 11 is 0. The van der Waals surface area contributed by atoms with Crippen molar-refractivity contribution in [1.29, 1.82) is 0 Å². The largest absolute Gasteiger partial charge is 0.453 e. The molecule has 7 heterocycles. The molecule has 0 radical (unpaired) electrons. The van der Waals surface area contributed by atoms with Crippen LogP contribution in [0.25, 0.3) is 44.5 Å². The van der Waals surface area contributed by atoms with Crippen LogP contribution in [0.4, 0.5) is 85.3 Å². The average molecular weight is 1720 g/mol. The van der Waals surface area contributed by atoms with E-state index < -0.39 is 0 Å². The van der Waals surface area contributed by atoms with Gasteiger partial charge in [0, 0.05) is 73.9 Å². The first-order valence-corrected chi connectivity index (χ1v) is 48.1. The van der Waals surface area contributed by atoms with Crippen molar-refractivity contribution in [2.24, 2.45) is 0 Å². The summed E-state index contributed by atoms with van der Waals surface area (Å²) in [7, 11) is 0.